The van der Waals surface area contributed by atoms with E-state index in [4.69, 9.17) is 4.74 Å². The molecule has 32 heavy (non-hydrogen) atoms. The molecule has 4 rings (SSSR count). The molecule has 168 valence electrons. The lowest BCUT2D eigenvalue weighted by Gasteiger charge is -2.29. The number of benzene rings is 1. The predicted molar refractivity (Wildman–Crippen MR) is 121 cm³/mol. The zero-order chi connectivity index (χ0) is 23.1. The summed E-state index contributed by atoms with van der Waals surface area (Å²) in [6.45, 7) is 3.91. The normalized spacial score (nSPS) is 15.5. The molecule has 0 amide bonds. The second-order valence-electron chi connectivity index (χ2n) is 7.75. The lowest BCUT2D eigenvalue weighted by Crippen LogP contribution is -2.37. The molecule has 0 radical (unpaired) electrons. The molecule has 3 heterocycles. The van der Waals surface area contributed by atoms with E-state index < -0.39 is 15.6 Å². The van der Waals surface area contributed by atoms with E-state index in [1.165, 1.54) is 27.7 Å². The van der Waals surface area contributed by atoms with Crippen LogP contribution in [0, 0.1) is 0 Å². The van der Waals surface area contributed by atoms with Crippen molar-refractivity contribution in [1.29, 1.82) is 0 Å². The van der Waals surface area contributed by atoms with E-state index in [2.05, 4.69) is 15.1 Å². The summed E-state index contributed by atoms with van der Waals surface area (Å²) in [5, 5.41) is 4.02. The number of thiazole rings is 1. The molecule has 10 nitrogen and oxygen atoms in total. The van der Waals surface area contributed by atoms with Crippen LogP contribution in [0.1, 0.15) is 19.4 Å². The minimum atomic E-state index is -3.46. The maximum absolute atomic E-state index is 12.8. The van der Waals surface area contributed by atoms with Gasteiger partial charge in [0.2, 0.25) is 10.0 Å². The lowest BCUT2D eigenvalue weighted by atomic mass is 10.00. The van der Waals surface area contributed by atoms with Crippen LogP contribution in [0.25, 0.3) is 12.2 Å². The number of aromatic amines is 1. The minimum absolute atomic E-state index is 0.220. The Kier molecular flexibility index (Phi) is 5.51. The van der Waals surface area contributed by atoms with Crippen LogP contribution in [0.4, 0.5) is 5.69 Å². The summed E-state index contributed by atoms with van der Waals surface area (Å²) in [4.78, 5) is 31.8. The van der Waals surface area contributed by atoms with Crippen LogP contribution in [0.5, 0.6) is 5.75 Å². The van der Waals surface area contributed by atoms with Crippen molar-refractivity contribution in [2.45, 2.75) is 19.4 Å². The average Bonchev–Trinajstić information content (AvgIpc) is 3.37. The molecule has 1 N–H and O–H groups in total. The van der Waals surface area contributed by atoms with Crippen LogP contribution < -0.4 is 23.8 Å². The molecule has 12 heteroatoms. The fourth-order valence-electron chi connectivity index (χ4n) is 3.23. The average molecular weight is 476 g/mol. The SMILES string of the molecule is CC(C)(C(=O)/C=c1\[nH]c(=O)/c(=C/c2ccc3c(c2)N(S(C)(=O)=O)CCO3)s1)n1cncn1. The van der Waals surface area contributed by atoms with Crippen LogP contribution in [0.15, 0.2) is 35.6 Å². The van der Waals surface area contributed by atoms with Gasteiger partial charge < -0.3 is 9.72 Å². The van der Waals surface area contributed by atoms with E-state index in [1.54, 1.807) is 38.1 Å². The molecule has 0 spiro atoms. The highest BCUT2D eigenvalue weighted by Gasteiger charge is 2.29. The van der Waals surface area contributed by atoms with Crippen molar-refractivity contribution in [2.75, 3.05) is 23.7 Å². The number of aromatic nitrogens is 4. The van der Waals surface area contributed by atoms with Gasteiger partial charge in [-0.1, -0.05) is 6.07 Å². The number of carbonyl (C=O) groups excluding carboxylic acids is 1. The van der Waals surface area contributed by atoms with Gasteiger partial charge in [0.25, 0.3) is 5.56 Å². The Labute approximate surface area is 187 Å². The van der Waals surface area contributed by atoms with Crippen LogP contribution in [-0.2, 0) is 20.4 Å². The van der Waals surface area contributed by atoms with Crippen molar-refractivity contribution in [1.82, 2.24) is 19.7 Å². The number of hydrogen-bond donors (Lipinski definition) is 1. The molecule has 1 aliphatic heterocycles. The Morgan fingerprint density at radius 2 is 2.12 bits per heavy atom. The third-order valence-corrected chi connectivity index (χ3v) is 7.18. The Hall–Kier alpha value is -3.25. The maximum Gasteiger partial charge on any atom is 0.266 e. The smallest absolute Gasteiger partial charge is 0.266 e. The van der Waals surface area contributed by atoms with Crippen molar-refractivity contribution in [3.63, 3.8) is 0 Å². The summed E-state index contributed by atoms with van der Waals surface area (Å²) in [7, 11) is -3.46. The first-order chi connectivity index (χ1) is 15.1. The van der Waals surface area contributed by atoms with Crippen molar-refractivity contribution in [3.05, 3.63) is 56.0 Å². The molecule has 0 bridgehead atoms. The number of Topliss-reactive ketones (excluding diaryl/α,β-unsaturated/α-hetero) is 1. The number of nitrogens with one attached hydrogen (secondary N) is 1. The molecular weight excluding hydrogens is 454 g/mol. The van der Waals surface area contributed by atoms with Crippen LogP contribution >= 0.6 is 11.3 Å². The molecule has 2 aromatic heterocycles. The molecule has 0 saturated heterocycles. The Balaban J connectivity index is 1.71. The molecule has 3 aromatic rings. The van der Waals surface area contributed by atoms with Crippen molar-refractivity contribution >= 4 is 45.0 Å². The summed E-state index contributed by atoms with van der Waals surface area (Å²) < 4.78 is 33.3. The van der Waals surface area contributed by atoms with Gasteiger partial charge in [0.15, 0.2) is 5.78 Å². The van der Waals surface area contributed by atoms with E-state index in [1.807, 2.05) is 0 Å². The van der Waals surface area contributed by atoms with Gasteiger partial charge in [0, 0.05) is 6.08 Å². The van der Waals surface area contributed by atoms with E-state index in [0.29, 0.717) is 26.2 Å². The van der Waals surface area contributed by atoms with Crippen LogP contribution in [-0.4, -0.2) is 53.4 Å². The highest BCUT2D eigenvalue weighted by atomic mass is 32.2. The third-order valence-electron chi connectivity index (χ3n) is 5.04. The number of fused-ring (bicyclic) bond motifs is 1. The summed E-state index contributed by atoms with van der Waals surface area (Å²) in [6, 6.07) is 5.08. The van der Waals surface area contributed by atoms with Gasteiger partial charge >= 0.3 is 0 Å². The topological polar surface area (TPSA) is 127 Å². The standard InChI is InChI=1S/C20H21N5O5S2/c1-20(2,25-12-21-11-22-25)17(26)10-18-23-19(27)16(31-18)9-13-4-5-15-14(8-13)24(6-7-30-15)32(3,28)29/h4-5,8-12H,6-7H2,1-3H3,(H,23,27)/b16-9-,18-10+. The van der Waals surface area contributed by atoms with Crippen molar-refractivity contribution in [2.24, 2.45) is 0 Å². The lowest BCUT2D eigenvalue weighted by molar-refractivity contribution is -0.120. The number of rotatable bonds is 5. The Bertz CT molecular complexity index is 1450. The molecule has 1 aliphatic rings. The van der Waals surface area contributed by atoms with Gasteiger partial charge in [-0.15, -0.1) is 11.3 Å². The first-order valence-electron chi connectivity index (χ1n) is 9.62. The summed E-state index contributed by atoms with van der Waals surface area (Å²) in [6.07, 6.45) is 6.97. The summed E-state index contributed by atoms with van der Waals surface area (Å²) in [5.74, 6) is 0.218. The first kappa shape index (κ1) is 22.0. The molecule has 0 aliphatic carbocycles. The maximum atomic E-state index is 12.8. The zero-order valence-electron chi connectivity index (χ0n) is 17.6. The predicted octanol–water partition coefficient (Wildman–Crippen LogP) is -0.200. The van der Waals surface area contributed by atoms with Crippen molar-refractivity contribution in [3.8, 4) is 5.75 Å². The van der Waals surface area contributed by atoms with Gasteiger partial charge in [0.05, 0.1) is 27.7 Å². The number of sulfonamides is 1. The first-order valence-corrected chi connectivity index (χ1v) is 12.3. The number of ketones is 1. The zero-order valence-corrected chi connectivity index (χ0v) is 19.2. The Morgan fingerprint density at radius 1 is 1.34 bits per heavy atom. The highest BCUT2D eigenvalue weighted by molar-refractivity contribution is 7.92. The van der Waals surface area contributed by atoms with E-state index in [0.717, 1.165) is 17.6 Å². The fourth-order valence-corrected chi connectivity index (χ4v) is 5.02. The quantitative estimate of drug-likeness (QED) is 0.541. The van der Waals surface area contributed by atoms with E-state index in [9.17, 15) is 18.0 Å². The molecular formula is C20H21N5O5S2. The van der Waals surface area contributed by atoms with Crippen molar-refractivity contribution < 1.29 is 17.9 Å². The monoisotopic (exact) mass is 475 g/mol. The van der Waals surface area contributed by atoms with E-state index >= 15 is 0 Å². The van der Waals surface area contributed by atoms with Gasteiger partial charge in [-0.3, -0.25) is 13.9 Å². The highest BCUT2D eigenvalue weighted by Crippen LogP contribution is 2.34. The molecule has 1 aromatic carbocycles. The van der Waals surface area contributed by atoms with Gasteiger partial charge in [0.1, 0.15) is 30.5 Å². The number of hydrogen-bond acceptors (Lipinski definition) is 8. The number of ether oxygens (including phenoxy) is 1. The molecule has 0 unspecified atom stereocenters. The number of carbonyl (C=O) groups is 1. The third kappa shape index (κ3) is 4.23. The minimum Gasteiger partial charge on any atom is -0.489 e. The number of anilines is 1. The van der Waals surface area contributed by atoms with Crippen LogP contribution in [0.2, 0.25) is 0 Å². The molecule has 0 fully saturated rings. The van der Waals surface area contributed by atoms with E-state index in [-0.39, 0.29) is 24.5 Å². The summed E-state index contributed by atoms with van der Waals surface area (Å²) >= 11 is 1.13. The molecule has 0 saturated carbocycles. The second-order valence-corrected chi connectivity index (χ2v) is 10.7. The van der Waals surface area contributed by atoms with Gasteiger partial charge in [-0.05, 0) is 37.6 Å². The van der Waals surface area contributed by atoms with Gasteiger partial charge in [-0.25, -0.2) is 18.1 Å². The number of nitrogens with zero attached hydrogens (tertiary/aromatic N) is 4. The van der Waals surface area contributed by atoms with Crippen LogP contribution in [0.3, 0.4) is 0 Å². The van der Waals surface area contributed by atoms with Gasteiger partial charge in [-0.2, -0.15) is 5.10 Å². The Morgan fingerprint density at radius 3 is 2.81 bits per heavy atom. The fraction of sp³-hybridized carbons (Fsp3) is 0.300. The number of H-pyrrole nitrogens is 1. The molecule has 0 atom stereocenters. The largest absolute Gasteiger partial charge is 0.489 e. The second kappa shape index (κ2) is 8.02. The summed E-state index contributed by atoms with van der Waals surface area (Å²) in [5.41, 5.74) is -0.246.